The predicted octanol–water partition coefficient (Wildman–Crippen LogP) is 1.82. The van der Waals surface area contributed by atoms with Gasteiger partial charge in [-0.3, -0.25) is 5.43 Å². The molecule has 0 unspecified atom stereocenters. The molecule has 0 bridgehead atoms. The molecule has 1 rings (SSSR count). The molecule has 0 spiro atoms. The van der Waals surface area contributed by atoms with Crippen molar-refractivity contribution < 1.29 is 18.3 Å². The Morgan fingerprint density at radius 2 is 2.11 bits per heavy atom. The van der Waals surface area contributed by atoms with Crippen LogP contribution in [-0.4, -0.2) is 18.3 Å². The van der Waals surface area contributed by atoms with Crippen LogP contribution in [0.2, 0.25) is 0 Å². The summed E-state index contributed by atoms with van der Waals surface area (Å²) in [4.78, 5) is 11.2. The number of para-hydroxylation sites is 1. The third kappa shape index (κ3) is 3.25. The van der Waals surface area contributed by atoms with Crippen molar-refractivity contribution in [1.29, 1.82) is 5.26 Å². The molecule has 0 aliphatic rings. The van der Waals surface area contributed by atoms with Crippen molar-refractivity contribution >= 4 is 17.4 Å². The molecule has 0 fully saturated rings. The van der Waals surface area contributed by atoms with E-state index >= 15 is 0 Å². The van der Waals surface area contributed by atoms with Gasteiger partial charge in [0.25, 0.3) is 0 Å². The van der Waals surface area contributed by atoms with E-state index in [9.17, 15) is 13.6 Å². The Labute approximate surface area is 102 Å². The Morgan fingerprint density at radius 3 is 2.61 bits per heavy atom. The normalized spacial score (nSPS) is 10.7. The molecule has 94 valence electrons. The zero-order valence-corrected chi connectivity index (χ0v) is 9.41. The van der Waals surface area contributed by atoms with Gasteiger partial charge < -0.3 is 4.74 Å². The number of nitriles is 1. The maximum atomic E-state index is 13.2. The monoisotopic (exact) mass is 253 g/mol. The second-order valence-corrected chi connectivity index (χ2v) is 3.00. The van der Waals surface area contributed by atoms with E-state index in [1.54, 1.807) is 6.92 Å². The van der Waals surface area contributed by atoms with Crippen molar-refractivity contribution in [1.82, 2.24) is 0 Å². The Hall–Kier alpha value is -2.49. The summed E-state index contributed by atoms with van der Waals surface area (Å²) in [5.41, 5.74) is 0.814. The van der Waals surface area contributed by atoms with Gasteiger partial charge in [-0.1, -0.05) is 6.07 Å². The minimum atomic E-state index is -0.968. The minimum absolute atomic E-state index is 0.0631. The van der Waals surface area contributed by atoms with Crippen LogP contribution in [0.4, 0.5) is 14.5 Å². The second kappa shape index (κ2) is 6.30. The Morgan fingerprint density at radius 1 is 1.50 bits per heavy atom. The second-order valence-electron chi connectivity index (χ2n) is 3.00. The van der Waals surface area contributed by atoms with E-state index in [2.05, 4.69) is 9.84 Å². The maximum Gasteiger partial charge on any atom is 0.369 e. The SMILES string of the molecule is CCOC(=O)/C(C#N)=N\Nc1c(F)cccc1F. The number of hydrogen-bond donors (Lipinski definition) is 1. The first kappa shape index (κ1) is 13.6. The van der Waals surface area contributed by atoms with E-state index < -0.39 is 29.0 Å². The van der Waals surface area contributed by atoms with Gasteiger partial charge in [0.15, 0.2) is 11.6 Å². The first-order valence-corrected chi connectivity index (χ1v) is 4.95. The van der Waals surface area contributed by atoms with Gasteiger partial charge in [-0.2, -0.15) is 10.4 Å². The molecule has 0 radical (unpaired) electrons. The first-order valence-electron chi connectivity index (χ1n) is 4.95. The van der Waals surface area contributed by atoms with Gasteiger partial charge >= 0.3 is 5.97 Å². The lowest BCUT2D eigenvalue weighted by atomic mass is 10.3. The molecule has 0 aliphatic carbocycles. The van der Waals surface area contributed by atoms with Crippen LogP contribution in [0.25, 0.3) is 0 Å². The van der Waals surface area contributed by atoms with Gasteiger partial charge in [0.2, 0.25) is 5.71 Å². The van der Waals surface area contributed by atoms with Crippen molar-refractivity contribution in [3.8, 4) is 6.07 Å². The smallest absolute Gasteiger partial charge is 0.369 e. The highest BCUT2D eigenvalue weighted by Crippen LogP contribution is 2.17. The predicted molar refractivity (Wildman–Crippen MR) is 59.7 cm³/mol. The quantitative estimate of drug-likeness (QED) is 0.504. The highest BCUT2D eigenvalue weighted by Gasteiger charge is 2.13. The molecule has 1 N–H and O–H groups in total. The van der Waals surface area contributed by atoms with Crippen LogP contribution in [0.1, 0.15) is 6.92 Å². The summed E-state index contributed by atoms with van der Waals surface area (Å²) in [7, 11) is 0. The van der Waals surface area contributed by atoms with Crippen LogP contribution in [0.3, 0.4) is 0 Å². The van der Waals surface area contributed by atoms with E-state index in [4.69, 9.17) is 5.26 Å². The van der Waals surface area contributed by atoms with Gasteiger partial charge in [0.1, 0.15) is 11.8 Å². The van der Waals surface area contributed by atoms with Crippen LogP contribution in [0, 0.1) is 23.0 Å². The van der Waals surface area contributed by atoms with Crippen LogP contribution < -0.4 is 5.43 Å². The number of nitrogens with one attached hydrogen (secondary N) is 1. The third-order valence-electron chi connectivity index (χ3n) is 1.82. The molecule has 1 aromatic rings. The molecule has 0 atom stereocenters. The summed E-state index contributed by atoms with van der Waals surface area (Å²) < 4.78 is 30.9. The van der Waals surface area contributed by atoms with E-state index in [0.29, 0.717) is 0 Å². The number of halogens is 2. The van der Waals surface area contributed by atoms with E-state index in [-0.39, 0.29) is 6.61 Å². The Bertz CT molecular complexity index is 503. The van der Waals surface area contributed by atoms with Crippen LogP contribution in [0.15, 0.2) is 23.3 Å². The lowest BCUT2D eigenvalue weighted by Crippen LogP contribution is -2.17. The van der Waals surface area contributed by atoms with Crippen molar-refractivity contribution in [3.63, 3.8) is 0 Å². The average molecular weight is 253 g/mol. The standard InChI is InChI=1S/C11H9F2N3O2/c1-2-18-11(17)9(6-14)15-16-10-7(12)4-3-5-8(10)13/h3-5,16H,2H2,1H3/b15-9-. The van der Waals surface area contributed by atoms with Crippen LogP contribution in [0.5, 0.6) is 0 Å². The van der Waals surface area contributed by atoms with Crippen molar-refractivity contribution in [2.75, 3.05) is 12.0 Å². The molecule has 0 heterocycles. The molecular weight excluding hydrogens is 244 g/mol. The van der Waals surface area contributed by atoms with Crippen molar-refractivity contribution in [3.05, 3.63) is 29.8 Å². The van der Waals surface area contributed by atoms with Crippen LogP contribution in [-0.2, 0) is 9.53 Å². The zero-order chi connectivity index (χ0) is 13.5. The fraction of sp³-hybridized carbons (Fsp3) is 0.182. The fourth-order valence-electron chi connectivity index (χ4n) is 1.03. The Kier molecular flexibility index (Phi) is 4.75. The number of hydrazone groups is 1. The van der Waals surface area contributed by atoms with Gasteiger partial charge in [0.05, 0.1) is 6.61 Å². The number of ether oxygens (including phenoxy) is 1. The van der Waals surface area contributed by atoms with Crippen LogP contribution >= 0.6 is 0 Å². The maximum absolute atomic E-state index is 13.2. The lowest BCUT2D eigenvalue weighted by molar-refractivity contribution is -0.134. The summed E-state index contributed by atoms with van der Waals surface area (Å²) >= 11 is 0. The van der Waals surface area contributed by atoms with Gasteiger partial charge in [-0.25, -0.2) is 13.6 Å². The first-order chi connectivity index (χ1) is 8.60. The van der Waals surface area contributed by atoms with Gasteiger partial charge in [0, 0.05) is 0 Å². The highest BCUT2D eigenvalue weighted by molar-refractivity contribution is 6.43. The number of benzene rings is 1. The topological polar surface area (TPSA) is 74.5 Å². The number of carbonyl (C=O) groups is 1. The molecular formula is C11H9F2N3O2. The lowest BCUT2D eigenvalue weighted by Gasteiger charge is -2.04. The number of rotatable bonds is 4. The molecule has 1 aromatic carbocycles. The fourth-order valence-corrected chi connectivity index (χ4v) is 1.03. The van der Waals surface area contributed by atoms with E-state index in [0.717, 1.165) is 12.1 Å². The Balaban J connectivity index is 2.91. The zero-order valence-electron chi connectivity index (χ0n) is 9.41. The molecule has 0 amide bonds. The highest BCUT2D eigenvalue weighted by atomic mass is 19.1. The molecule has 0 aromatic heterocycles. The third-order valence-corrected chi connectivity index (χ3v) is 1.82. The summed E-state index contributed by atoms with van der Waals surface area (Å²) in [5.74, 6) is -2.75. The largest absolute Gasteiger partial charge is 0.461 e. The van der Waals surface area contributed by atoms with Gasteiger partial charge in [-0.15, -0.1) is 0 Å². The van der Waals surface area contributed by atoms with E-state index in [1.807, 2.05) is 5.43 Å². The summed E-state index contributed by atoms with van der Waals surface area (Å²) in [6.45, 7) is 1.62. The summed E-state index contributed by atoms with van der Waals surface area (Å²) in [5, 5.41) is 11.9. The molecule has 18 heavy (non-hydrogen) atoms. The number of nitrogens with zero attached hydrogens (tertiary/aromatic N) is 2. The summed E-state index contributed by atoms with van der Waals surface area (Å²) in [6, 6.07) is 4.66. The minimum Gasteiger partial charge on any atom is -0.461 e. The van der Waals surface area contributed by atoms with E-state index in [1.165, 1.54) is 12.1 Å². The molecule has 7 heteroatoms. The van der Waals surface area contributed by atoms with Gasteiger partial charge in [-0.05, 0) is 19.1 Å². The number of carbonyl (C=O) groups excluding carboxylic acids is 1. The number of anilines is 1. The van der Waals surface area contributed by atoms with Crippen molar-refractivity contribution in [2.45, 2.75) is 6.92 Å². The summed E-state index contributed by atoms with van der Waals surface area (Å²) in [6.07, 6.45) is 0. The molecule has 0 aliphatic heterocycles. The average Bonchev–Trinajstić information content (AvgIpc) is 2.33. The molecule has 5 nitrogen and oxygen atoms in total. The van der Waals surface area contributed by atoms with Crippen molar-refractivity contribution in [2.24, 2.45) is 5.10 Å². The molecule has 0 saturated heterocycles. The molecule has 0 saturated carbocycles. The number of hydrogen-bond acceptors (Lipinski definition) is 5. The number of esters is 1.